The number of carbonyl (C=O) groups is 2. The zero-order chi connectivity index (χ0) is 14.8. The fourth-order valence-corrected chi connectivity index (χ4v) is 2.44. The van der Waals surface area contributed by atoms with E-state index in [1.54, 1.807) is 29.2 Å². The van der Waals surface area contributed by atoms with Gasteiger partial charge in [0.2, 0.25) is 0 Å². The van der Waals surface area contributed by atoms with Gasteiger partial charge in [-0.2, -0.15) is 4.68 Å². The van der Waals surface area contributed by atoms with Crippen LogP contribution in [0.15, 0.2) is 30.6 Å². The molecule has 1 aliphatic heterocycles. The Morgan fingerprint density at radius 2 is 2.05 bits per heavy atom. The maximum Gasteiger partial charge on any atom is 0.308 e. The smallest absolute Gasteiger partial charge is 0.308 e. The third-order valence-corrected chi connectivity index (χ3v) is 3.55. The number of rotatable bonds is 3. The molecule has 0 radical (unpaired) electrons. The third-order valence-electron chi connectivity index (χ3n) is 3.55. The lowest BCUT2D eigenvalue weighted by Crippen LogP contribution is -2.30. The highest BCUT2D eigenvalue weighted by Crippen LogP contribution is 2.21. The van der Waals surface area contributed by atoms with Crippen LogP contribution < -0.4 is 0 Å². The van der Waals surface area contributed by atoms with E-state index in [0.29, 0.717) is 24.2 Å². The van der Waals surface area contributed by atoms with Crippen LogP contribution in [-0.4, -0.2) is 55.2 Å². The van der Waals surface area contributed by atoms with Crippen LogP contribution in [0.2, 0.25) is 0 Å². The lowest BCUT2D eigenvalue weighted by molar-refractivity contribution is -0.141. The number of aromatic nitrogens is 4. The summed E-state index contributed by atoms with van der Waals surface area (Å²) in [4.78, 5) is 25.1. The zero-order valence-corrected chi connectivity index (χ0v) is 12.3. The molecule has 0 spiro atoms. The summed E-state index contributed by atoms with van der Waals surface area (Å²) in [7, 11) is 0. The number of amides is 1. The Hall–Kier alpha value is -2.48. The molecule has 9 heteroatoms. The van der Waals surface area contributed by atoms with Crippen molar-refractivity contribution >= 4 is 24.3 Å². The first kappa shape index (κ1) is 15.9. The molecule has 1 aromatic heterocycles. The second-order valence-corrected chi connectivity index (χ2v) is 4.85. The molecule has 3 rings (SSSR count). The summed E-state index contributed by atoms with van der Waals surface area (Å²) in [5, 5.41) is 19.9. The summed E-state index contributed by atoms with van der Waals surface area (Å²) in [5.41, 5.74) is 1.03. The first-order valence-corrected chi connectivity index (χ1v) is 6.51. The normalized spacial score (nSPS) is 17.1. The molecule has 0 aliphatic carbocycles. The van der Waals surface area contributed by atoms with Gasteiger partial charge in [0.1, 0.15) is 6.33 Å². The third kappa shape index (κ3) is 2.91. The number of nitrogens with zero attached hydrogens (tertiary/aromatic N) is 5. The molecular weight excluding hydrogens is 310 g/mol. The standard InChI is InChI=1S/C13H13N5O3.ClH/c19-12(17-6-5-9(7-17)13(20)21)10-3-1-2-4-11(10)18-8-14-15-16-18;/h1-4,8-9H,5-7H2,(H,20,21);1H. The highest BCUT2D eigenvalue weighted by molar-refractivity contribution is 5.98. The molecule has 1 amide bonds. The van der Waals surface area contributed by atoms with Crippen LogP contribution in [0.5, 0.6) is 0 Å². The lowest BCUT2D eigenvalue weighted by Gasteiger charge is -2.17. The van der Waals surface area contributed by atoms with Crippen LogP contribution in [0, 0.1) is 5.92 Å². The van der Waals surface area contributed by atoms with E-state index in [-0.39, 0.29) is 24.9 Å². The van der Waals surface area contributed by atoms with Gasteiger partial charge >= 0.3 is 5.97 Å². The van der Waals surface area contributed by atoms with E-state index >= 15 is 0 Å². The Bertz CT molecular complexity index is 676. The fourth-order valence-electron chi connectivity index (χ4n) is 2.44. The summed E-state index contributed by atoms with van der Waals surface area (Å²) >= 11 is 0. The van der Waals surface area contributed by atoms with Crippen molar-refractivity contribution in [3.05, 3.63) is 36.2 Å². The minimum atomic E-state index is -0.862. The van der Waals surface area contributed by atoms with Crippen molar-refractivity contribution < 1.29 is 14.7 Å². The highest BCUT2D eigenvalue weighted by Gasteiger charge is 2.32. The van der Waals surface area contributed by atoms with Crippen molar-refractivity contribution in [1.82, 2.24) is 25.1 Å². The van der Waals surface area contributed by atoms with Crippen LogP contribution in [0.1, 0.15) is 16.8 Å². The van der Waals surface area contributed by atoms with E-state index < -0.39 is 11.9 Å². The average molecular weight is 324 g/mol. The van der Waals surface area contributed by atoms with Gasteiger partial charge in [0.15, 0.2) is 0 Å². The number of hydrogen-bond acceptors (Lipinski definition) is 5. The number of para-hydroxylation sites is 1. The number of tetrazole rings is 1. The molecule has 1 atom stereocenters. The van der Waals surface area contributed by atoms with E-state index in [1.807, 2.05) is 0 Å². The Kier molecular flexibility index (Phi) is 4.71. The van der Waals surface area contributed by atoms with Crippen molar-refractivity contribution in [2.75, 3.05) is 13.1 Å². The van der Waals surface area contributed by atoms with Crippen LogP contribution >= 0.6 is 12.4 Å². The first-order chi connectivity index (χ1) is 10.2. The molecule has 1 fully saturated rings. The molecule has 1 N–H and O–H groups in total. The number of carbonyl (C=O) groups excluding carboxylic acids is 1. The number of carboxylic acid groups (broad SMARTS) is 1. The summed E-state index contributed by atoms with van der Waals surface area (Å²) in [6, 6.07) is 6.98. The van der Waals surface area contributed by atoms with E-state index in [2.05, 4.69) is 15.5 Å². The molecule has 1 aliphatic rings. The van der Waals surface area contributed by atoms with Gasteiger partial charge in [-0.1, -0.05) is 12.1 Å². The number of hydrogen-bond donors (Lipinski definition) is 1. The summed E-state index contributed by atoms with van der Waals surface area (Å²) in [6.07, 6.45) is 1.89. The van der Waals surface area contributed by atoms with Gasteiger partial charge < -0.3 is 10.0 Å². The molecule has 0 bridgehead atoms. The van der Waals surface area contributed by atoms with Gasteiger partial charge in [-0.15, -0.1) is 17.5 Å². The molecule has 22 heavy (non-hydrogen) atoms. The highest BCUT2D eigenvalue weighted by atomic mass is 35.5. The second kappa shape index (κ2) is 6.52. The SMILES string of the molecule is Cl.O=C(O)C1CCN(C(=O)c2ccccc2-n2cnnn2)C1. The number of likely N-dealkylation sites (tertiary alicyclic amines) is 1. The molecule has 1 unspecified atom stereocenters. The Labute approximate surface area is 132 Å². The molecule has 2 aromatic rings. The molecule has 2 heterocycles. The van der Waals surface area contributed by atoms with Gasteiger partial charge in [-0.3, -0.25) is 9.59 Å². The predicted octanol–water partition coefficient (Wildman–Crippen LogP) is 0.631. The summed E-state index contributed by atoms with van der Waals surface area (Å²) < 4.78 is 1.41. The zero-order valence-electron chi connectivity index (χ0n) is 11.5. The Morgan fingerprint density at radius 3 is 2.68 bits per heavy atom. The first-order valence-electron chi connectivity index (χ1n) is 6.51. The van der Waals surface area contributed by atoms with Crippen LogP contribution in [0.25, 0.3) is 5.69 Å². The van der Waals surface area contributed by atoms with Crippen LogP contribution in [0.4, 0.5) is 0 Å². The van der Waals surface area contributed by atoms with Crippen molar-refractivity contribution in [3.63, 3.8) is 0 Å². The Morgan fingerprint density at radius 1 is 1.27 bits per heavy atom. The van der Waals surface area contributed by atoms with E-state index in [9.17, 15) is 9.59 Å². The lowest BCUT2D eigenvalue weighted by atomic mass is 10.1. The number of carboxylic acids is 1. The van der Waals surface area contributed by atoms with Crippen LogP contribution in [-0.2, 0) is 4.79 Å². The van der Waals surface area contributed by atoms with Crippen molar-refractivity contribution in [2.45, 2.75) is 6.42 Å². The van der Waals surface area contributed by atoms with Crippen molar-refractivity contribution in [3.8, 4) is 5.69 Å². The maximum atomic E-state index is 12.6. The molecule has 0 saturated carbocycles. The Balaban J connectivity index is 0.00000176. The minimum absolute atomic E-state index is 0. The van der Waals surface area contributed by atoms with E-state index in [1.165, 1.54) is 11.0 Å². The van der Waals surface area contributed by atoms with Crippen LogP contribution in [0.3, 0.4) is 0 Å². The largest absolute Gasteiger partial charge is 0.481 e. The van der Waals surface area contributed by atoms with Gasteiger partial charge in [-0.25, -0.2) is 0 Å². The summed E-state index contributed by atoms with van der Waals surface area (Å²) in [6.45, 7) is 0.678. The number of benzene rings is 1. The van der Waals surface area contributed by atoms with E-state index in [4.69, 9.17) is 5.11 Å². The van der Waals surface area contributed by atoms with Gasteiger partial charge in [0.25, 0.3) is 5.91 Å². The van der Waals surface area contributed by atoms with E-state index in [0.717, 1.165) is 0 Å². The van der Waals surface area contributed by atoms with Crippen molar-refractivity contribution in [2.24, 2.45) is 5.92 Å². The molecule has 1 aromatic carbocycles. The molecule has 8 nitrogen and oxygen atoms in total. The molecule has 1 saturated heterocycles. The van der Waals surface area contributed by atoms with Gasteiger partial charge in [0, 0.05) is 13.1 Å². The summed E-state index contributed by atoms with van der Waals surface area (Å²) in [5.74, 6) is -1.56. The number of aliphatic carboxylic acids is 1. The minimum Gasteiger partial charge on any atom is -0.481 e. The number of halogens is 1. The average Bonchev–Trinajstić information content (AvgIpc) is 3.18. The predicted molar refractivity (Wildman–Crippen MR) is 78.0 cm³/mol. The second-order valence-electron chi connectivity index (χ2n) is 4.85. The van der Waals surface area contributed by atoms with Gasteiger partial charge in [-0.05, 0) is 29.0 Å². The van der Waals surface area contributed by atoms with Gasteiger partial charge in [0.05, 0.1) is 17.2 Å². The molecular formula is C13H14ClN5O3. The maximum absolute atomic E-state index is 12.6. The van der Waals surface area contributed by atoms with Crippen molar-refractivity contribution in [1.29, 1.82) is 0 Å². The monoisotopic (exact) mass is 323 g/mol. The molecule has 116 valence electrons. The topological polar surface area (TPSA) is 101 Å². The fraction of sp³-hybridized carbons (Fsp3) is 0.308. The quantitative estimate of drug-likeness (QED) is 0.889.